The van der Waals surface area contributed by atoms with Gasteiger partial charge in [0.1, 0.15) is 5.82 Å². The molecule has 31 heavy (non-hydrogen) atoms. The minimum absolute atomic E-state index is 0.00267. The van der Waals surface area contributed by atoms with E-state index in [1.807, 2.05) is 11.0 Å². The van der Waals surface area contributed by atoms with Crippen LogP contribution < -0.4 is 9.62 Å². The van der Waals surface area contributed by atoms with Crippen molar-refractivity contribution in [1.82, 2.24) is 9.71 Å². The SMILES string of the molecule is Cc1nc(N2CCC(S(=O)(=O)NC(=O)Cc3ccccc3)CC2)ccc1C(=O)OC#N. The van der Waals surface area contributed by atoms with Crippen molar-refractivity contribution < 1.29 is 22.7 Å². The Morgan fingerprint density at radius 2 is 1.87 bits per heavy atom. The lowest BCUT2D eigenvalue weighted by atomic mass is 10.1. The van der Waals surface area contributed by atoms with Crippen molar-refractivity contribution in [3.8, 4) is 6.26 Å². The fourth-order valence-corrected chi connectivity index (χ4v) is 4.88. The number of nitriles is 1. The summed E-state index contributed by atoms with van der Waals surface area (Å²) in [6, 6.07) is 12.1. The van der Waals surface area contributed by atoms with Gasteiger partial charge in [-0.2, -0.15) is 0 Å². The summed E-state index contributed by atoms with van der Waals surface area (Å²) >= 11 is 0. The van der Waals surface area contributed by atoms with E-state index in [0.717, 1.165) is 5.56 Å². The zero-order valence-electron chi connectivity index (χ0n) is 16.9. The van der Waals surface area contributed by atoms with Gasteiger partial charge in [-0.1, -0.05) is 30.3 Å². The third kappa shape index (κ3) is 5.58. The van der Waals surface area contributed by atoms with Gasteiger partial charge in [0.05, 0.1) is 22.9 Å². The average Bonchev–Trinajstić information content (AvgIpc) is 2.74. The number of ether oxygens (including phenoxy) is 1. The lowest BCUT2D eigenvalue weighted by Gasteiger charge is -2.32. The van der Waals surface area contributed by atoms with E-state index in [0.29, 0.717) is 37.4 Å². The number of amides is 1. The number of aromatic nitrogens is 1. The Kier molecular flexibility index (Phi) is 6.87. The number of sulfonamides is 1. The van der Waals surface area contributed by atoms with E-state index in [1.165, 1.54) is 12.3 Å². The number of anilines is 1. The molecule has 0 bridgehead atoms. The van der Waals surface area contributed by atoms with Crippen LogP contribution in [0.4, 0.5) is 5.82 Å². The third-order valence-electron chi connectivity index (χ3n) is 5.10. The summed E-state index contributed by atoms with van der Waals surface area (Å²) in [5.74, 6) is -0.712. The number of carbonyl (C=O) groups is 2. The van der Waals surface area contributed by atoms with Gasteiger partial charge in [0.25, 0.3) is 6.26 Å². The third-order valence-corrected chi connectivity index (χ3v) is 6.96. The smallest absolute Gasteiger partial charge is 0.355 e. The first-order valence-corrected chi connectivity index (χ1v) is 11.3. The summed E-state index contributed by atoms with van der Waals surface area (Å²) in [6.07, 6.45) is 2.03. The molecular weight excluding hydrogens is 420 g/mol. The molecule has 0 spiro atoms. The average molecular weight is 442 g/mol. The van der Waals surface area contributed by atoms with Crippen molar-refractivity contribution in [2.24, 2.45) is 0 Å². The Hall–Kier alpha value is -3.45. The molecule has 0 aliphatic carbocycles. The van der Waals surface area contributed by atoms with Crippen LogP contribution >= 0.6 is 0 Å². The van der Waals surface area contributed by atoms with Crippen LogP contribution in [-0.4, -0.2) is 43.6 Å². The zero-order valence-corrected chi connectivity index (χ0v) is 17.8. The topological polar surface area (TPSA) is 129 Å². The molecule has 1 fully saturated rings. The Balaban J connectivity index is 1.58. The molecule has 9 nitrogen and oxygen atoms in total. The lowest BCUT2D eigenvalue weighted by Crippen LogP contribution is -2.45. The molecule has 2 aromatic rings. The molecule has 0 radical (unpaired) electrons. The predicted molar refractivity (Wildman–Crippen MR) is 112 cm³/mol. The number of hydrogen-bond donors (Lipinski definition) is 1. The van der Waals surface area contributed by atoms with Crippen LogP contribution in [0.25, 0.3) is 0 Å². The molecule has 0 unspecified atom stereocenters. The van der Waals surface area contributed by atoms with Crippen molar-refractivity contribution in [2.75, 3.05) is 18.0 Å². The van der Waals surface area contributed by atoms with Gasteiger partial charge >= 0.3 is 5.97 Å². The first kappa shape index (κ1) is 22.2. The maximum atomic E-state index is 12.6. The number of rotatable bonds is 6. The fraction of sp³-hybridized carbons (Fsp3) is 0.333. The van der Waals surface area contributed by atoms with Crippen molar-refractivity contribution in [3.05, 3.63) is 59.3 Å². The number of pyridine rings is 1. The van der Waals surface area contributed by atoms with Crippen LogP contribution in [0.3, 0.4) is 0 Å². The molecule has 1 saturated heterocycles. The highest BCUT2D eigenvalue weighted by atomic mass is 32.2. The van der Waals surface area contributed by atoms with Gasteiger partial charge in [0.15, 0.2) is 0 Å². The number of nitrogens with one attached hydrogen (secondary N) is 1. The van der Waals surface area contributed by atoms with E-state index in [1.54, 1.807) is 37.3 Å². The molecule has 1 aromatic carbocycles. The number of hydrogen-bond acceptors (Lipinski definition) is 8. The van der Waals surface area contributed by atoms with Crippen molar-refractivity contribution in [2.45, 2.75) is 31.4 Å². The molecule has 1 aliphatic rings. The molecule has 10 heteroatoms. The summed E-state index contributed by atoms with van der Waals surface area (Å²) < 4.78 is 31.8. The monoisotopic (exact) mass is 442 g/mol. The van der Waals surface area contributed by atoms with Crippen LogP contribution in [0, 0.1) is 18.4 Å². The first-order chi connectivity index (χ1) is 14.8. The maximum absolute atomic E-state index is 12.6. The highest BCUT2D eigenvalue weighted by Crippen LogP contribution is 2.23. The second-order valence-electron chi connectivity index (χ2n) is 7.20. The summed E-state index contributed by atoms with van der Waals surface area (Å²) in [7, 11) is -3.78. The first-order valence-electron chi connectivity index (χ1n) is 9.71. The van der Waals surface area contributed by atoms with Crippen molar-refractivity contribution in [1.29, 1.82) is 5.26 Å². The van der Waals surface area contributed by atoms with E-state index in [4.69, 9.17) is 5.26 Å². The van der Waals surface area contributed by atoms with Gasteiger partial charge in [-0.3, -0.25) is 9.52 Å². The minimum atomic E-state index is -3.78. The van der Waals surface area contributed by atoms with Crippen LogP contribution in [0.2, 0.25) is 0 Å². The van der Waals surface area contributed by atoms with Gasteiger partial charge in [0, 0.05) is 13.1 Å². The van der Waals surface area contributed by atoms with Gasteiger partial charge < -0.3 is 9.64 Å². The van der Waals surface area contributed by atoms with Crippen LogP contribution in [0.5, 0.6) is 0 Å². The lowest BCUT2D eigenvalue weighted by molar-refractivity contribution is -0.118. The number of piperidine rings is 1. The summed E-state index contributed by atoms with van der Waals surface area (Å²) in [4.78, 5) is 30.2. The normalized spacial score (nSPS) is 14.5. The summed E-state index contributed by atoms with van der Waals surface area (Å²) in [5.41, 5.74) is 1.36. The zero-order chi connectivity index (χ0) is 22.4. The molecule has 162 valence electrons. The fourth-order valence-electron chi connectivity index (χ4n) is 3.49. The highest BCUT2D eigenvalue weighted by molar-refractivity contribution is 7.90. The summed E-state index contributed by atoms with van der Waals surface area (Å²) in [6.45, 7) is 2.51. The van der Waals surface area contributed by atoms with Crippen LogP contribution in [0.15, 0.2) is 42.5 Å². The Bertz CT molecular complexity index is 1100. The van der Waals surface area contributed by atoms with Crippen LogP contribution in [0.1, 0.15) is 34.5 Å². The molecular formula is C21H22N4O5S. The molecule has 1 aliphatic heterocycles. The Morgan fingerprint density at radius 3 is 2.48 bits per heavy atom. The largest absolute Gasteiger partial charge is 0.357 e. The van der Waals surface area contributed by atoms with Crippen molar-refractivity contribution >= 4 is 27.7 Å². The maximum Gasteiger partial charge on any atom is 0.355 e. The number of esters is 1. The standard InChI is InChI=1S/C21H22N4O5S/c1-15-18(21(27)30-14-22)7-8-19(23-15)25-11-9-17(10-12-25)31(28,29)24-20(26)13-16-5-3-2-4-6-16/h2-8,17H,9-13H2,1H3,(H,24,26). The molecule has 2 heterocycles. The molecule has 0 atom stereocenters. The predicted octanol–water partition coefficient (Wildman–Crippen LogP) is 1.69. The van der Waals surface area contributed by atoms with Gasteiger partial charge in [-0.05, 0) is 37.5 Å². The molecule has 1 amide bonds. The van der Waals surface area contributed by atoms with Crippen molar-refractivity contribution in [3.63, 3.8) is 0 Å². The van der Waals surface area contributed by atoms with Gasteiger partial charge in [-0.15, -0.1) is 5.26 Å². The second-order valence-corrected chi connectivity index (χ2v) is 9.16. The summed E-state index contributed by atoms with van der Waals surface area (Å²) in [5, 5.41) is 7.80. The van der Waals surface area contributed by atoms with E-state index in [2.05, 4.69) is 14.4 Å². The Morgan fingerprint density at radius 1 is 1.19 bits per heavy atom. The second kappa shape index (κ2) is 9.57. The number of aryl methyl sites for hydroxylation is 1. The minimum Gasteiger partial charge on any atom is -0.357 e. The molecule has 1 N–H and O–H groups in total. The number of nitrogens with zero attached hydrogens (tertiary/aromatic N) is 3. The van der Waals surface area contributed by atoms with E-state index < -0.39 is 27.1 Å². The van der Waals surface area contributed by atoms with Gasteiger partial charge in [-0.25, -0.2) is 18.2 Å². The molecule has 1 aromatic heterocycles. The van der Waals surface area contributed by atoms with E-state index in [-0.39, 0.29) is 12.0 Å². The number of carbonyl (C=O) groups excluding carboxylic acids is 2. The van der Waals surface area contributed by atoms with Gasteiger partial charge in [0.2, 0.25) is 15.9 Å². The van der Waals surface area contributed by atoms with Crippen LogP contribution in [-0.2, 0) is 26.0 Å². The Labute approximate surface area is 180 Å². The van der Waals surface area contributed by atoms with E-state index in [9.17, 15) is 18.0 Å². The number of benzene rings is 1. The van der Waals surface area contributed by atoms with E-state index >= 15 is 0 Å². The highest BCUT2D eigenvalue weighted by Gasteiger charge is 2.31. The molecule has 0 saturated carbocycles. The quantitative estimate of drug-likeness (QED) is 0.528. The molecule has 3 rings (SSSR count).